The Bertz CT molecular complexity index is 360. The van der Waals surface area contributed by atoms with Crippen molar-refractivity contribution in [1.82, 2.24) is 5.32 Å². The van der Waals surface area contributed by atoms with Crippen LogP contribution in [0.5, 0.6) is 0 Å². The first-order chi connectivity index (χ1) is 10.4. The maximum absolute atomic E-state index is 5.47. The van der Waals surface area contributed by atoms with Crippen molar-refractivity contribution in [3.05, 3.63) is 35.4 Å². The second-order valence-electron chi connectivity index (χ2n) is 4.65. The Balaban J connectivity index is 1.97. The second-order valence-corrected chi connectivity index (χ2v) is 4.65. The highest BCUT2D eigenvalue weighted by atomic mass is 16.5. The number of hydrogen-bond donors (Lipinski definition) is 1. The third kappa shape index (κ3) is 9.55. The molecule has 0 amide bonds. The van der Waals surface area contributed by atoms with Crippen LogP contribution in [0.3, 0.4) is 0 Å². The smallest absolute Gasteiger partial charge is 0.0713 e. The van der Waals surface area contributed by atoms with Gasteiger partial charge in [-0.2, -0.15) is 0 Å². The Morgan fingerprint density at radius 2 is 1.57 bits per heavy atom. The molecule has 5 nitrogen and oxygen atoms in total. The fraction of sp³-hybridized carbons (Fsp3) is 0.625. The lowest BCUT2D eigenvalue weighted by Gasteiger charge is -2.08. The average molecular weight is 297 g/mol. The normalized spacial score (nSPS) is 11.0. The lowest BCUT2D eigenvalue weighted by molar-refractivity contribution is 0.0255. The van der Waals surface area contributed by atoms with Crippen molar-refractivity contribution in [3.63, 3.8) is 0 Å². The van der Waals surface area contributed by atoms with Gasteiger partial charge in [0.05, 0.1) is 39.6 Å². The van der Waals surface area contributed by atoms with Crippen molar-refractivity contribution in [3.8, 4) is 0 Å². The van der Waals surface area contributed by atoms with Gasteiger partial charge in [-0.3, -0.25) is 0 Å². The average Bonchev–Trinajstić information content (AvgIpc) is 2.50. The van der Waals surface area contributed by atoms with Crippen LogP contribution in [0, 0.1) is 0 Å². The molecule has 0 unspecified atom stereocenters. The van der Waals surface area contributed by atoms with E-state index in [9.17, 15) is 0 Å². The van der Waals surface area contributed by atoms with Crippen LogP contribution in [0.4, 0.5) is 0 Å². The van der Waals surface area contributed by atoms with Gasteiger partial charge in [0.1, 0.15) is 0 Å². The number of ether oxygens (including phenoxy) is 4. The molecule has 0 aliphatic rings. The molecule has 0 aromatic heterocycles. The van der Waals surface area contributed by atoms with E-state index in [-0.39, 0.29) is 0 Å². The molecule has 21 heavy (non-hydrogen) atoms. The maximum atomic E-state index is 5.47. The van der Waals surface area contributed by atoms with E-state index >= 15 is 0 Å². The molecule has 0 spiro atoms. The number of rotatable bonds is 13. The van der Waals surface area contributed by atoms with Crippen molar-refractivity contribution >= 4 is 0 Å². The van der Waals surface area contributed by atoms with Crippen molar-refractivity contribution < 1.29 is 18.9 Å². The molecule has 0 aliphatic carbocycles. The predicted octanol–water partition coefficient (Wildman–Crippen LogP) is 1.60. The van der Waals surface area contributed by atoms with E-state index in [1.165, 1.54) is 11.1 Å². The summed E-state index contributed by atoms with van der Waals surface area (Å²) >= 11 is 0. The summed E-state index contributed by atoms with van der Waals surface area (Å²) in [6.07, 6.45) is 0. The van der Waals surface area contributed by atoms with Crippen molar-refractivity contribution in [2.75, 3.05) is 53.8 Å². The van der Waals surface area contributed by atoms with Crippen LogP contribution in [0.25, 0.3) is 0 Å². The molecule has 1 N–H and O–H groups in total. The Kier molecular flexibility index (Phi) is 11.0. The standard InChI is InChI=1S/C16H27NO4/c1-18-8-9-21-11-10-20-7-6-17-13-15-4-3-5-16(12-15)14-19-2/h3-5,12,17H,6-11,13-14H2,1-2H3. The van der Waals surface area contributed by atoms with Crippen LogP contribution in [0.1, 0.15) is 11.1 Å². The summed E-state index contributed by atoms with van der Waals surface area (Å²) in [6.45, 7) is 5.49. The second kappa shape index (κ2) is 12.7. The minimum Gasteiger partial charge on any atom is -0.382 e. The van der Waals surface area contributed by atoms with E-state index in [4.69, 9.17) is 18.9 Å². The molecule has 0 heterocycles. The first-order valence-corrected chi connectivity index (χ1v) is 7.28. The molecule has 0 fully saturated rings. The quantitative estimate of drug-likeness (QED) is 0.561. The minimum atomic E-state index is 0.614. The zero-order valence-electron chi connectivity index (χ0n) is 13.1. The van der Waals surface area contributed by atoms with E-state index < -0.39 is 0 Å². The lowest BCUT2D eigenvalue weighted by Crippen LogP contribution is -2.20. The number of hydrogen-bond acceptors (Lipinski definition) is 5. The van der Waals surface area contributed by atoms with Gasteiger partial charge < -0.3 is 24.3 Å². The van der Waals surface area contributed by atoms with E-state index in [0.29, 0.717) is 39.6 Å². The largest absolute Gasteiger partial charge is 0.382 e. The molecular weight excluding hydrogens is 270 g/mol. The monoisotopic (exact) mass is 297 g/mol. The zero-order chi connectivity index (χ0) is 15.2. The van der Waals surface area contributed by atoms with Gasteiger partial charge in [-0.05, 0) is 11.1 Å². The van der Waals surface area contributed by atoms with Crippen LogP contribution >= 0.6 is 0 Å². The lowest BCUT2D eigenvalue weighted by atomic mass is 10.1. The summed E-state index contributed by atoms with van der Waals surface area (Å²) in [6, 6.07) is 8.39. The molecule has 0 bridgehead atoms. The van der Waals surface area contributed by atoms with Crippen LogP contribution in [0.15, 0.2) is 24.3 Å². The topological polar surface area (TPSA) is 49.0 Å². The molecule has 0 saturated carbocycles. The molecule has 0 radical (unpaired) electrons. The van der Waals surface area contributed by atoms with E-state index in [2.05, 4.69) is 29.6 Å². The van der Waals surface area contributed by atoms with E-state index in [1.54, 1.807) is 14.2 Å². The Morgan fingerprint density at radius 1 is 0.857 bits per heavy atom. The van der Waals surface area contributed by atoms with Gasteiger partial charge in [0.25, 0.3) is 0 Å². The highest BCUT2D eigenvalue weighted by Crippen LogP contribution is 2.05. The third-order valence-electron chi connectivity index (χ3n) is 2.86. The Labute approximate surface area is 127 Å². The van der Waals surface area contributed by atoms with E-state index in [0.717, 1.165) is 13.1 Å². The van der Waals surface area contributed by atoms with Crippen molar-refractivity contribution in [2.24, 2.45) is 0 Å². The van der Waals surface area contributed by atoms with Gasteiger partial charge in [-0.1, -0.05) is 24.3 Å². The molecule has 1 aromatic rings. The summed E-state index contributed by atoms with van der Waals surface area (Å²) in [5.41, 5.74) is 2.45. The van der Waals surface area contributed by atoms with Gasteiger partial charge >= 0.3 is 0 Å². The van der Waals surface area contributed by atoms with Gasteiger partial charge in [-0.25, -0.2) is 0 Å². The zero-order valence-corrected chi connectivity index (χ0v) is 13.1. The highest BCUT2D eigenvalue weighted by Gasteiger charge is 1.96. The molecule has 1 aromatic carbocycles. The summed E-state index contributed by atoms with van der Waals surface area (Å²) in [5.74, 6) is 0. The first kappa shape index (κ1) is 18.1. The molecule has 1 rings (SSSR count). The van der Waals surface area contributed by atoms with Crippen molar-refractivity contribution in [1.29, 1.82) is 0 Å². The van der Waals surface area contributed by atoms with Gasteiger partial charge in [-0.15, -0.1) is 0 Å². The number of methoxy groups -OCH3 is 2. The summed E-state index contributed by atoms with van der Waals surface area (Å²) < 4.78 is 20.8. The van der Waals surface area contributed by atoms with E-state index in [1.807, 2.05) is 0 Å². The van der Waals surface area contributed by atoms with Gasteiger partial charge in [0.2, 0.25) is 0 Å². The fourth-order valence-corrected chi connectivity index (χ4v) is 1.84. The molecule has 0 saturated heterocycles. The fourth-order valence-electron chi connectivity index (χ4n) is 1.84. The van der Waals surface area contributed by atoms with Crippen LogP contribution in [-0.2, 0) is 32.1 Å². The van der Waals surface area contributed by atoms with Gasteiger partial charge in [0, 0.05) is 27.3 Å². The summed E-state index contributed by atoms with van der Waals surface area (Å²) in [5, 5.41) is 3.36. The molecule has 0 aliphatic heterocycles. The SMILES string of the molecule is COCCOCCOCCNCc1cccc(COC)c1. The summed E-state index contributed by atoms with van der Waals surface area (Å²) in [4.78, 5) is 0. The highest BCUT2D eigenvalue weighted by molar-refractivity contribution is 5.22. The Hall–Kier alpha value is -0.980. The van der Waals surface area contributed by atoms with Crippen LogP contribution in [-0.4, -0.2) is 53.8 Å². The molecular formula is C16H27NO4. The van der Waals surface area contributed by atoms with Crippen LogP contribution < -0.4 is 5.32 Å². The maximum Gasteiger partial charge on any atom is 0.0713 e. The third-order valence-corrected chi connectivity index (χ3v) is 2.86. The van der Waals surface area contributed by atoms with Crippen LogP contribution in [0.2, 0.25) is 0 Å². The molecule has 5 heteroatoms. The summed E-state index contributed by atoms with van der Waals surface area (Å²) in [7, 11) is 3.37. The molecule has 0 atom stereocenters. The predicted molar refractivity (Wildman–Crippen MR) is 82.4 cm³/mol. The van der Waals surface area contributed by atoms with Crippen molar-refractivity contribution in [2.45, 2.75) is 13.2 Å². The molecule has 120 valence electrons. The van der Waals surface area contributed by atoms with Gasteiger partial charge in [0.15, 0.2) is 0 Å². The number of nitrogens with one attached hydrogen (secondary N) is 1. The minimum absolute atomic E-state index is 0.614. The Morgan fingerprint density at radius 3 is 2.33 bits per heavy atom. The number of benzene rings is 1. The first-order valence-electron chi connectivity index (χ1n) is 7.28.